The third kappa shape index (κ3) is 7.55. The zero-order valence-electron chi connectivity index (χ0n) is 23.5. The first-order valence-electron chi connectivity index (χ1n) is 14.4. The van der Waals surface area contributed by atoms with Crippen LogP contribution >= 0.6 is 0 Å². The van der Waals surface area contributed by atoms with Crippen LogP contribution in [0.25, 0.3) is 0 Å². The summed E-state index contributed by atoms with van der Waals surface area (Å²) in [5, 5.41) is 0. The second kappa shape index (κ2) is 14.1. The molecule has 2 amide bonds. The van der Waals surface area contributed by atoms with Crippen molar-refractivity contribution in [2.45, 2.75) is 78.3 Å². The smallest absolute Gasteiger partial charge is 0.226 e. The summed E-state index contributed by atoms with van der Waals surface area (Å²) in [6.07, 6.45) is 8.44. The molecule has 3 rings (SSSR count). The van der Waals surface area contributed by atoms with E-state index in [0.29, 0.717) is 11.8 Å². The molecule has 36 heavy (non-hydrogen) atoms. The Morgan fingerprint density at radius 2 is 1.28 bits per heavy atom. The summed E-state index contributed by atoms with van der Waals surface area (Å²) < 4.78 is 0. The summed E-state index contributed by atoms with van der Waals surface area (Å²) in [6, 6.07) is 8.88. The van der Waals surface area contributed by atoms with Gasteiger partial charge in [0, 0.05) is 53.4 Å². The summed E-state index contributed by atoms with van der Waals surface area (Å²) >= 11 is 0. The van der Waals surface area contributed by atoms with Gasteiger partial charge >= 0.3 is 0 Å². The van der Waals surface area contributed by atoms with Crippen LogP contribution in [-0.2, 0) is 9.59 Å². The number of piperidine rings is 2. The average molecular weight is 499 g/mol. The molecule has 0 N–H and O–H groups in total. The third-order valence-corrected chi connectivity index (χ3v) is 8.12. The first-order valence-corrected chi connectivity index (χ1v) is 14.4. The van der Waals surface area contributed by atoms with Gasteiger partial charge in [-0.15, -0.1) is 0 Å². The lowest BCUT2D eigenvalue weighted by Gasteiger charge is -2.46. The lowest BCUT2D eigenvalue weighted by atomic mass is 9.92. The molecule has 1 aromatic rings. The molecule has 2 heterocycles. The minimum Gasteiger partial charge on any atom is -0.345 e. The van der Waals surface area contributed by atoms with Crippen molar-refractivity contribution in [2.24, 2.45) is 11.8 Å². The van der Waals surface area contributed by atoms with Gasteiger partial charge in [0.25, 0.3) is 0 Å². The molecule has 1 aromatic carbocycles. The molecule has 6 nitrogen and oxygen atoms in total. The molecule has 2 aliphatic heterocycles. The van der Waals surface area contributed by atoms with Crippen molar-refractivity contribution in [2.75, 3.05) is 53.4 Å². The highest BCUT2D eigenvalue weighted by atomic mass is 16.2. The number of benzene rings is 1. The molecule has 2 saturated heterocycles. The van der Waals surface area contributed by atoms with Crippen LogP contribution in [0.1, 0.15) is 82.5 Å². The van der Waals surface area contributed by atoms with Crippen LogP contribution in [-0.4, -0.2) is 84.8 Å². The van der Waals surface area contributed by atoms with Gasteiger partial charge in [-0.25, -0.2) is 0 Å². The van der Waals surface area contributed by atoms with Gasteiger partial charge in [0.05, 0.1) is 18.0 Å². The molecular formula is C30H50N4O2. The second-order valence-electron chi connectivity index (χ2n) is 11.2. The first-order chi connectivity index (χ1) is 17.3. The van der Waals surface area contributed by atoms with E-state index in [1.54, 1.807) is 0 Å². The molecule has 0 aliphatic carbocycles. The SMILES string of the molecule is CCCCN(C)C(=O)C1CCCN(C(c2ccc(C)cc2)N2CCCC(C(=O)N(C)CCCC)C2)C1. The Hall–Kier alpha value is -1.92. The maximum absolute atomic E-state index is 13.3. The Morgan fingerprint density at radius 1 is 0.833 bits per heavy atom. The Labute approximate surface area is 220 Å². The van der Waals surface area contributed by atoms with Crippen molar-refractivity contribution in [1.29, 1.82) is 0 Å². The standard InChI is InChI=1S/C30H50N4O2/c1-6-8-18-31(4)29(35)26-12-10-20-33(22-26)28(25-16-14-24(3)15-17-25)34-21-11-13-27(23-34)30(36)32(5)19-9-7-2/h14-17,26-28H,6-13,18-23H2,1-5H3. The van der Waals surface area contributed by atoms with Crippen molar-refractivity contribution in [3.05, 3.63) is 35.4 Å². The van der Waals surface area contributed by atoms with E-state index in [9.17, 15) is 9.59 Å². The lowest BCUT2D eigenvalue weighted by molar-refractivity contribution is -0.138. The van der Waals surface area contributed by atoms with Gasteiger partial charge in [0.1, 0.15) is 0 Å². The van der Waals surface area contributed by atoms with E-state index in [-0.39, 0.29) is 18.0 Å². The van der Waals surface area contributed by atoms with E-state index >= 15 is 0 Å². The van der Waals surface area contributed by atoms with E-state index in [1.807, 2.05) is 23.9 Å². The number of aryl methyl sites for hydroxylation is 1. The number of carbonyl (C=O) groups excluding carboxylic acids is 2. The van der Waals surface area contributed by atoms with E-state index < -0.39 is 0 Å². The first kappa shape index (κ1) is 28.6. The van der Waals surface area contributed by atoms with E-state index in [2.05, 4.69) is 54.8 Å². The predicted octanol–water partition coefficient (Wildman–Crippen LogP) is 4.93. The minimum absolute atomic E-state index is 0.0518. The van der Waals surface area contributed by atoms with Crippen molar-refractivity contribution in [3.8, 4) is 0 Å². The number of unbranched alkanes of at least 4 members (excludes halogenated alkanes) is 2. The highest BCUT2D eigenvalue weighted by Gasteiger charge is 2.37. The molecule has 6 heteroatoms. The molecule has 202 valence electrons. The topological polar surface area (TPSA) is 47.1 Å². The van der Waals surface area contributed by atoms with Crippen LogP contribution in [0.5, 0.6) is 0 Å². The fraction of sp³-hybridized carbons (Fsp3) is 0.733. The van der Waals surface area contributed by atoms with Crippen LogP contribution in [0.3, 0.4) is 0 Å². The number of likely N-dealkylation sites (tertiary alicyclic amines) is 2. The fourth-order valence-electron chi connectivity index (χ4n) is 5.89. The van der Waals surface area contributed by atoms with Gasteiger partial charge in [-0.2, -0.15) is 0 Å². The molecular weight excluding hydrogens is 448 g/mol. The number of amides is 2. The maximum Gasteiger partial charge on any atom is 0.226 e. The van der Waals surface area contributed by atoms with Gasteiger partial charge in [-0.3, -0.25) is 19.4 Å². The van der Waals surface area contributed by atoms with Crippen molar-refractivity contribution < 1.29 is 9.59 Å². The molecule has 0 spiro atoms. The van der Waals surface area contributed by atoms with Crippen molar-refractivity contribution in [3.63, 3.8) is 0 Å². The number of hydrogen-bond donors (Lipinski definition) is 0. The number of nitrogens with zero attached hydrogens (tertiary/aromatic N) is 4. The average Bonchev–Trinajstić information content (AvgIpc) is 2.91. The van der Waals surface area contributed by atoms with Crippen LogP contribution in [0, 0.1) is 18.8 Å². The Morgan fingerprint density at radius 3 is 1.69 bits per heavy atom. The highest BCUT2D eigenvalue weighted by Crippen LogP contribution is 2.34. The van der Waals surface area contributed by atoms with E-state index in [1.165, 1.54) is 11.1 Å². The summed E-state index contributed by atoms with van der Waals surface area (Å²) in [5.74, 6) is 0.687. The Balaban J connectivity index is 1.78. The van der Waals surface area contributed by atoms with Gasteiger partial charge in [-0.05, 0) is 51.0 Å². The maximum atomic E-state index is 13.3. The normalized spacial score (nSPS) is 22.2. The van der Waals surface area contributed by atoms with E-state index in [4.69, 9.17) is 0 Å². The van der Waals surface area contributed by atoms with Gasteiger partial charge < -0.3 is 9.80 Å². The zero-order valence-corrected chi connectivity index (χ0v) is 23.5. The monoisotopic (exact) mass is 498 g/mol. The van der Waals surface area contributed by atoms with Gasteiger partial charge in [0.2, 0.25) is 11.8 Å². The van der Waals surface area contributed by atoms with E-state index in [0.717, 1.165) is 90.6 Å². The highest BCUT2D eigenvalue weighted by molar-refractivity contribution is 5.79. The molecule has 2 unspecified atom stereocenters. The van der Waals surface area contributed by atoms with Crippen molar-refractivity contribution in [1.82, 2.24) is 19.6 Å². The number of rotatable bonds is 11. The van der Waals surface area contributed by atoms with Crippen LogP contribution in [0.4, 0.5) is 0 Å². The largest absolute Gasteiger partial charge is 0.345 e. The molecule has 2 aliphatic rings. The quantitative estimate of drug-likeness (QED) is 0.434. The van der Waals surface area contributed by atoms with Gasteiger partial charge in [-0.1, -0.05) is 56.5 Å². The molecule has 2 atom stereocenters. The second-order valence-corrected chi connectivity index (χ2v) is 11.2. The summed E-state index contributed by atoms with van der Waals surface area (Å²) in [7, 11) is 3.93. The fourth-order valence-corrected chi connectivity index (χ4v) is 5.89. The molecule has 0 radical (unpaired) electrons. The number of hydrogen-bond acceptors (Lipinski definition) is 4. The summed E-state index contributed by atoms with van der Waals surface area (Å²) in [6.45, 7) is 11.7. The molecule has 0 saturated carbocycles. The number of carbonyl (C=O) groups is 2. The molecule has 2 fully saturated rings. The van der Waals surface area contributed by atoms with Gasteiger partial charge in [0.15, 0.2) is 0 Å². The van der Waals surface area contributed by atoms with Crippen LogP contribution in [0.15, 0.2) is 24.3 Å². The Bertz CT molecular complexity index is 781. The Kier molecular flexibility index (Phi) is 11.2. The summed E-state index contributed by atoms with van der Waals surface area (Å²) in [5.41, 5.74) is 2.53. The lowest BCUT2D eigenvalue weighted by Crippen LogP contribution is -2.52. The third-order valence-electron chi connectivity index (χ3n) is 8.12. The predicted molar refractivity (Wildman–Crippen MR) is 148 cm³/mol. The molecule has 0 bridgehead atoms. The minimum atomic E-state index is 0.0518. The van der Waals surface area contributed by atoms with Crippen LogP contribution < -0.4 is 0 Å². The molecule has 0 aromatic heterocycles. The summed E-state index contributed by atoms with van der Waals surface area (Å²) in [4.78, 5) is 35.5. The van der Waals surface area contributed by atoms with Crippen LogP contribution in [0.2, 0.25) is 0 Å². The van der Waals surface area contributed by atoms with Crippen molar-refractivity contribution >= 4 is 11.8 Å². The zero-order chi connectivity index (χ0) is 26.1.